The first-order chi connectivity index (χ1) is 15.5. The Morgan fingerprint density at radius 1 is 1.16 bits per heavy atom. The summed E-state index contributed by atoms with van der Waals surface area (Å²) in [6.07, 6.45) is 7.36. The Morgan fingerprint density at radius 3 is 2.59 bits per heavy atom. The molecule has 3 heterocycles. The van der Waals surface area contributed by atoms with Gasteiger partial charge in [0.25, 0.3) is 0 Å². The van der Waals surface area contributed by atoms with Crippen molar-refractivity contribution < 1.29 is 14.3 Å². The van der Waals surface area contributed by atoms with Crippen molar-refractivity contribution in [1.29, 1.82) is 0 Å². The third-order valence-electron chi connectivity index (χ3n) is 7.25. The second-order valence-corrected chi connectivity index (χ2v) is 10.6. The molecule has 5 rings (SSSR count). The fourth-order valence-electron chi connectivity index (χ4n) is 5.36. The zero-order valence-electron chi connectivity index (χ0n) is 18.7. The molecular weight excluding hydrogens is 422 g/mol. The number of likely N-dealkylation sites (tertiary alicyclic amines) is 1. The summed E-state index contributed by atoms with van der Waals surface area (Å²) in [5, 5.41) is 0.966. The van der Waals surface area contributed by atoms with E-state index in [9.17, 15) is 9.59 Å². The summed E-state index contributed by atoms with van der Waals surface area (Å²) in [6.45, 7) is 4.15. The number of ether oxygens (including phenoxy) is 1. The van der Waals surface area contributed by atoms with E-state index in [2.05, 4.69) is 12.1 Å². The number of piperidine rings is 1. The Kier molecular flexibility index (Phi) is 5.93. The van der Waals surface area contributed by atoms with Crippen LogP contribution >= 0.6 is 11.3 Å². The van der Waals surface area contributed by atoms with Gasteiger partial charge in [-0.25, -0.2) is 9.78 Å². The number of hydrogen-bond donors (Lipinski definition) is 0. The van der Waals surface area contributed by atoms with Crippen molar-refractivity contribution in [3.63, 3.8) is 0 Å². The zero-order chi connectivity index (χ0) is 22.1. The number of nitrogens with zero attached hydrogens (tertiary/aromatic N) is 3. The molecule has 1 spiro atoms. The van der Waals surface area contributed by atoms with Crippen LogP contribution in [-0.4, -0.2) is 58.1 Å². The predicted molar refractivity (Wildman–Crippen MR) is 125 cm³/mol. The van der Waals surface area contributed by atoms with Crippen molar-refractivity contribution in [3.8, 4) is 10.6 Å². The number of aryl methyl sites for hydroxylation is 1. The summed E-state index contributed by atoms with van der Waals surface area (Å²) in [4.78, 5) is 35.3. The van der Waals surface area contributed by atoms with Gasteiger partial charge in [-0.1, -0.05) is 36.8 Å². The summed E-state index contributed by atoms with van der Waals surface area (Å²) in [7, 11) is 0. The van der Waals surface area contributed by atoms with Gasteiger partial charge >= 0.3 is 6.09 Å². The number of thiazole rings is 1. The molecule has 0 bridgehead atoms. The van der Waals surface area contributed by atoms with Gasteiger partial charge in [-0.3, -0.25) is 4.79 Å². The first kappa shape index (κ1) is 21.4. The molecule has 2 aliphatic heterocycles. The van der Waals surface area contributed by atoms with Gasteiger partial charge in [-0.15, -0.1) is 11.3 Å². The molecular formula is C25H31N3O3S. The molecule has 6 nitrogen and oxygen atoms in total. The molecule has 1 aromatic carbocycles. The van der Waals surface area contributed by atoms with Gasteiger partial charge in [0.2, 0.25) is 5.91 Å². The Balaban J connectivity index is 1.17. The van der Waals surface area contributed by atoms with Crippen molar-refractivity contribution in [2.45, 2.75) is 69.9 Å². The maximum atomic E-state index is 13.0. The lowest BCUT2D eigenvalue weighted by Crippen LogP contribution is -2.48. The van der Waals surface area contributed by atoms with E-state index in [0.717, 1.165) is 66.2 Å². The molecule has 1 aliphatic carbocycles. The standard InChI is InChI=1S/C25H31N3O3S/c1-18-21(26-23(32-18)19-8-4-2-5-9-19)16-22(29)27-14-10-20(11-15-27)28-17-25(31-24(28)30)12-6-3-7-13-25/h2,4-5,8-9,20H,3,6-7,10-17H2,1H3. The molecule has 1 aromatic heterocycles. The number of benzene rings is 1. The van der Waals surface area contributed by atoms with Crippen LogP contribution in [0.2, 0.25) is 0 Å². The van der Waals surface area contributed by atoms with E-state index < -0.39 is 0 Å². The van der Waals surface area contributed by atoms with Crippen molar-refractivity contribution >= 4 is 23.3 Å². The first-order valence-electron chi connectivity index (χ1n) is 11.8. The summed E-state index contributed by atoms with van der Waals surface area (Å²) in [5.74, 6) is 0.129. The molecule has 2 aromatic rings. The summed E-state index contributed by atoms with van der Waals surface area (Å²) >= 11 is 1.64. The number of carbonyl (C=O) groups is 2. The highest BCUT2D eigenvalue weighted by atomic mass is 32.1. The second-order valence-electron chi connectivity index (χ2n) is 9.42. The maximum absolute atomic E-state index is 13.0. The largest absolute Gasteiger partial charge is 0.441 e. The van der Waals surface area contributed by atoms with E-state index in [-0.39, 0.29) is 23.6 Å². The predicted octanol–water partition coefficient (Wildman–Crippen LogP) is 4.81. The van der Waals surface area contributed by atoms with Gasteiger partial charge in [0.15, 0.2) is 0 Å². The van der Waals surface area contributed by atoms with Crippen LogP contribution in [0.25, 0.3) is 10.6 Å². The lowest BCUT2D eigenvalue weighted by molar-refractivity contribution is -0.131. The van der Waals surface area contributed by atoms with Crippen LogP contribution in [0.4, 0.5) is 4.79 Å². The smallest absolute Gasteiger partial charge is 0.410 e. The lowest BCUT2D eigenvalue weighted by atomic mass is 9.84. The molecule has 1 saturated carbocycles. The van der Waals surface area contributed by atoms with Crippen LogP contribution < -0.4 is 0 Å². The number of amides is 2. The van der Waals surface area contributed by atoms with Crippen molar-refractivity contribution in [2.75, 3.05) is 19.6 Å². The SMILES string of the molecule is Cc1sc(-c2ccccc2)nc1CC(=O)N1CCC(N2CC3(CCCCC3)OC2=O)CC1. The fraction of sp³-hybridized carbons (Fsp3) is 0.560. The molecule has 0 atom stereocenters. The van der Waals surface area contributed by atoms with Crippen LogP contribution in [0, 0.1) is 6.92 Å². The van der Waals surface area contributed by atoms with Crippen LogP contribution in [-0.2, 0) is 16.0 Å². The van der Waals surface area contributed by atoms with Crippen LogP contribution in [0.3, 0.4) is 0 Å². The zero-order valence-corrected chi connectivity index (χ0v) is 19.5. The highest BCUT2D eigenvalue weighted by Crippen LogP contribution is 2.38. The maximum Gasteiger partial charge on any atom is 0.410 e. The number of rotatable bonds is 4. The van der Waals surface area contributed by atoms with E-state index in [0.29, 0.717) is 19.5 Å². The Hall–Kier alpha value is -2.41. The highest BCUT2D eigenvalue weighted by molar-refractivity contribution is 7.15. The molecule has 32 heavy (non-hydrogen) atoms. The van der Waals surface area contributed by atoms with E-state index in [1.54, 1.807) is 11.3 Å². The Labute approximate surface area is 193 Å². The van der Waals surface area contributed by atoms with Gasteiger partial charge in [0.1, 0.15) is 10.6 Å². The molecule has 3 fully saturated rings. The van der Waals surface area contributed by atoms with Crippen LogP contribution in [0.5, 0.6) is 0 Å². The van der Waals surface area contributed by atoms with Crippen LogP contribution in [0.1, 0.15) is 55.5 Å². The van der Waals surface area contributed by atoms with Crippen molar-refractivity contribution in [3.05, 3.63) is 40.9 Å². The summed E-state index contributed by atoms with van der Waals surface area (Å²) in [6, 6.07) is 10.3. The highest BCUT2D eigenvalue weighted by Gasteiger charge is 2.48. The minimum Gasteiger partial charge on any atom is -0.441 e. The average molecular weight is 454 g/mol. The number of aromatic nitrogens is 1. The monoisotopic (exact) mass is 453 g/mol. The van der Waals surface area contributed by atoms with Gasteiger partial charge in [-0.05, 0) is 45.4 Å². The second kappa shape index (κ2) is 8.85. The molecule has 2 saturated heterocycles. The topological polar surface area (TPSA) is 62.7 Å². The number of hydrogen-bond acceptors (Lipinski definition) is 5. The third-order valence-corrected chi connectivity index (χ3v) is 8.31. The lowest BCUT2D eigenvalue weighted by Gasteiger charge is -2.36. The summed E-state index contributed by atoms with van der Waals surface area (Å²) < 4.78 is 5.86. The minimum atomic E-state index is -0.249. The normalized spacial score (nSPS) is 21.2. The molecule has 0 unspecified atom stereocenters. The molecule has 3 aliphatic rings. The van der Waals surface area contributed by atoms with Crippen molar-refractivity contribution in [2.24, 2.45) is 0 Å². The summed E-state index contributed by atoms with van der Waals surface area (Å²) in [5.41, 5.74) is 1.72. The van der Waals surface area contributed by atoms with E-state index in [1.165, 1.54) is 6.42 Å². The Morgan fingerprint density at radius 2 is 1.88 bits per heavy atom. The molecule has 170 valence electrons. The van der Waals surface area contributed by atoms with E-state index >= 15 is 0 Å². The van der Waals surface area contributed by atoms with Gasteiger partial charge in [-0.2, -0.15) is 0 Å². The number of carbonyl (C=O) groups excluding carboxylic acids is 2. The molecule has 2 amide bonds. The minimum absolute atomic E-state index is 0.129. The molecule has 0 radical (unpaired) electrons. The third kappa shape index (κ3) is 4.27. The van der Waals surface area contributed by atoms with Crippen molar-refractivity contribution in [1.82, 2.24) is 14.8 Å². The fourth-order valence-corrected chi connectivity index (χ4v) is 6.30. The first-order valence-corrected chi connectivity index (χ1v) is 12.6. The van der Waals surface area contributed by atoms with Crippen LogP contribution in [0.15, 0.2) is 30.3 Å². The quantitative estimate of drug-likeness (QED) is 0.667. The van der Waals surface area contributed by atoms with E-state index in [1.807, 2.05) is 34.9 Å². The Bertz CT molecular complexity index is 976. The van der Waals surface area contributed by atoms with Gasteiger partial charge < -0.3 is 14.5 Å². The van der Waals surface area contributed by atoms with Gasteiger partial charge in [0, 0.05) is 29.6 Å². The molecule has 0 N–H and O–H groups in total. The van der Waals surface area contributed by atoms with E-state index in [4.69, 9.17) is 9.72 Å². The average Bonchev–Trinajstić information content (AvgIpc) is 3.34. The van der Waals surface area contributed by atoms with Gasteiger partial charge in [0.05, 0.1) is 18.7 Å². The molecule has 7 heteroatoms.